The van der Waals surface area contributed by atoms with Gasteiger partial charge in [-0.2, -0.15) is 0 Å². The minimum absolute atomic E-state index is 0.175. The highest BCUT2D eigenvalue weighted by Crippen LogP contribution is 2.19. The second-order valence-corrected chi connectivity index (χ2v) is 9.25. The predicted molar refractivity (Wildman–Crippen MR) is 134 cm³/mol. The number of benzene rings is 2. The van der Waals surface area contributed by atoms with Crippen LogP contribution >= 0.6 is 11.3 Å². The summed E-state index contributed by atoms with van der Waals surface area (Å²) in [5.74, 6) is 1.43. The first-order valence-electron chi connectivity index (χ1n) is 11.4. The maximum absolute atomic E-state index is 12.6. The molecule has 4 rings (SSSR count). The lowest BCUT2D eigenvalue weighted by molar-refractivity contribution is -0.133. The molecule has 35 heavy (non-hydrogen) atoms. The van der Waals surface area contributed by atoms with E-state index >= 15 is 0 Å². The molecule has 1 fully saturated rings. The van der Waals surface area contributed by atoms with Crippen molar-refractivity contribution in [3.05, 3.63) is 64.1 Å². The summed E-state index contributed by atoms with van der Waals surface area (Å²) in [5.41, 5.74) is 1.79. The lowest BCUT2D eigenvalue weighted by Gasteiger charge is -2.34. The van der Waals surface area contributed by atoms with E-state index in [4.69, 9.17) is 9.47 Å². The number of piperazine rings is 1. The first kappa shape index (κ1) is 24.6. The maximum atomic E-state index is 12.6. The second-order valence-electron chi connectivity index (χ2n) is 8.19. The fourth-order valence-corrected chi connectivity index (χ4v) is 4.59. The van der Waals surface area contributed by atoms with Crippen LogP contribution in [0.2, 0.25) is 0 Å². The smallest absolute Gasteiger partial charge is 0.286 e. The molecule has 0 radical (unpaired) electrons. The van der Waals surface area contributed by atoms with Gasteiger partial charge >= 0.3 is 0 Å². The fraction of sp³-hybridized carbons (Fsp3) is 0.360. The predicted octanol–water partition coefficient (Wildman–Crippen LogP) is 3.08. The largest absolute Gasteiger partial charge is 0.497 e. The number of rotatable bonds is 9. The van der Waals surface area contributed by atoms with Gasteiger partial charge in [0.15, 0.2) is 0 Å². The minimum atomic E-state index is -0.286. The van der Waals surface area contributed by atoms with E-state index in [0.717, 1.165) is 41.6 Å². The van der Waals surface area contributed by atoms with Gasteiger partial charge < -0.3 is 19.7 Å². The number of nitrogens with zero attached hydrogens (tertiary/aromatic N) is 4. The lowest BCUT2D eigenvalue weighted by atomic mass is 10.1. The Morgan fingerprint density at radius 1 is 0.914 bits per heavy atom. The Bertz CT molecular complexity index is 1130. The van der Waals surface area contributed by atoms with E-state index in [1.54, 1.807) is 38.5 Å². The molecule has 0 bridgehead atoms. The molecule has 3 aromatic rings. The Morgan fingerprint density at radius 3 is 2.17 bits per heavy atom. The van der Waals surface area contributed by atoms with Crippen LogP contribution in [0.15, 0.2) is 48.5 Å². The number of amides is 2. The molecule has 1 N–H and O–H groups in total. The van der Waals surface area contributed by atoms with E-state index in [9.17, 15) is 9.59 Å². The molecule has 1 aliphatic heterocycles. The molecular weight excluding hydrogens is 466 g/mol. The zero-order chi connectivity index (χ0) is 24.6. The Hall–Kier alpha value is -3.50. The molecule has 0 aliphatic carbocycles. The molecule has 0 spiro atoms. The van der Waals surface area contributed by atoms with Crippen LogP contribution in [0.3, 0.4) is 0 Å². The summed E-state index contributed by atoms with van der Waals surface area (Å²) in [7, 11) is 3.24. The molecule has 1 aromatic heterocycles. The van der Waals surface area contributed by atoms with Gasteiger partial charge in [0.1, 0.15) is 16.5 Å². The topological polar surface area (TPSA) is 96.9 Å². The third-order valence-electron chi connectivity index (χ3n) is 5.88. The molecule has 10 heteroatoms. The van der Waals surface area contributed by atoms with Crippen LogP contribution in [0.4, 0.5) is 5.69 Å². The highest BCUT2D eigenvalue weighted by Gasteiger charge is 2.22. The van der Waals surface area contributed by atoms with Gasteiger partial charge in [0.2, 0.25) is 10.9 Å². The first-order valence-corrected chi connectivity index (χ1v) is 12.3. The van der Waals surface area contributed by atoms with Crippen LogP contribution in [0.25, 0.3) is 0 Å². The monoisotopic (exact) mass is 495 g/mol. The summed E-state index contributed by atoms with van der Waals surface area (Å²) < 4.78 is 10.3. The van der Waals surface area contributed by atoms with Crippen molar-refractivity contribution in [2.24, 2.45) is 0 Å². The van der Waals surface area contributed by atoms with Gasteiger partial charge in [0.25, 0.3) is 5.91 Å². The quantitative estimate of drug-likeness (QED) is 0.487. The van der Waals surface area contributed by atoms with Gasteiger partial charge in [0, 0.05) is 38.3 Å². The molecule has 0 saturated carbocycles. The normalized spacial score (nSPS) is 13.9. The third kappa shape index (κ3) is 6.77. The van der Waals surface area contributed by atoms with Crippen molar-refractivity contribution in [2.75, 3.05) is 45.7 Å². The Labute approximate surface area is 208 Å². The van der Waals surface area contributed by atoms with Gasteiger partial charge in [-0.25, -0.2) is 0 Å². The van der Waals surface area contributed by atoms with E-state index < -0.39 is 0 Å². The summed E-state index contributed by atoms with van der Waals surface area (Å²) in [6.07, 6.45) is 1.21. The third-order valence-corrected chi connectivity index (χ3v) is 6.79. The standard InChI is InChI=1S/C25H29N5O4S/c1-33-20-8-3-18(4-9-20)5-12-23(31)30-15-13-29(14-16-30)17-22-27-28-25(35-22)24(32)26-19-6-10-21(34-2)11-7-19/h3-4,6-11H,5,12-17H2,1-2H3,(H,26,32). The molecular formula is C25H29N5O4S. The number of carbonyl (C=O) groups is 2. The van der Waals surface area contributed by atoms with E-state index in [1.165, 1.54) is 11.3 Å². The zero-order valence-electron chi connectivity index (χ0n) is 19.9. The van der Waals surface area contributed by atoms with Crippen molar-refractivity contribution in [1.29, 1.82) is 0 Å². The Morgan fingerprint density at radius 2 is 1.54 bits per heavy atom. The maximum Gasteiger partial charge on any atom is 0.286 e. The molecule has 9 nitrogen and oxygen atoms in total. The average molecular weight is 496 g/mol. The average Bonchev–Trinajstić information content (AvgIpc) is 3.37. The number of nitrogens with one attached hydrogen (secondary N) is 1. The number of ether oxygens (including phenoxy) is 2. The summed E-state index contributed by atoms with van der Waals surface area (Å²) in [5, 5.41) is 12.2. The van der Waals surface area contributed by atoms with Gasteiger partial charge in [-0.3, -0.25) is 14.5 Å². The van der Waals surface area contributed by atoms with E-state index in [-0.39, 0.29) is 11.8 Å². The molecule has 2 aromatic carbocycles. The lowest BCUT2D eigenvalue weighted by Crippen LogP contribution is -2.48. The summed E-state index contributed by atoms with van der Waals surface area (Å²) >= 11 is 1.29. The van der Waals surface area contributed by atoms with Crippen molar-refractivity contribution in [1.82, 2.24) is 20.0 Å². The molecule has 184 valence electrons. The molecule has 1 aliphatic rings. The van der Waals surface area contributed by atoms with Gasteiger partial charge in [-0.05, 0) is 48.4 Å². The van der Waals surface area contributed by atoms with Crippen molar-refractivity contribution < 1.29 is 19.1 Å². The number of hydrogen-bond acceptors (Lipinski definition) is 8. The van der Waals surface area contributed by atoms with Gasteiger partial charge in [0.05, 0.1) is 20.8 Å². The molecule has 0 atom stereocenters. The highest BCUT2D eigenvalue weighted by atomic mass is 32.1. The van der Waals surface area contributed by atoms with Crippen molar-refractivity contribution in [3.63, 3.8) is 0 Å². The van der Waals surface area contributed by atoms with Crippen molar-refractivity contribution >= 4 is 28.8 Å². The number of aryl methyl sites for hydroxylation is 1. The van der Waals surface area contributed by atoms with E-state index in [0.29, 0.717) is 36.8 Å². The molecule has 0 unspecified atom stereocenters. The first-order chi connectivity index (χ1) is 17.0. The van der Waals surface area contributed by atoms with Crippen molar-refractivity contribution in [3.8, 4) is 11.5 Å². The van der Waals surface area contributed by atoms with Crippen LogP contribution in [0.1, 0.15) is 26.8 Å². The van der Waals surface area contributed by atoms with Gasteiger partial charge in [-0.15, -0.1) is 10.2 Å². The SMILES string of the molecule is COc1ccc(CCC(=O)N2CCN(Cc3nnc(C(=O)Nc4ccc(OC)cc4)s3)CC2)cc1. The van der Waals surface area contributed by atoms with Crippen LogP contribution < -0.4 is 14.8 Å². The van der Waals surface area contributed by atoms with Crippen LogP contribution in [0, 0.1) is 0 Å². The highest BCUT2D eigenvalue weighted by molar-refractivity contribution is 7.13. The van der Waals surface area contributed by atoms with E-state index in [1.807, 2.05) is 29.2 Å². The van der Waals surface area contributed by atoms with Crippen molar-refractivity contribution in [2.45, 2.75) is 19.4 Å². The molecule has 2 amide bonds. The summed E-state index contributed by atoms with van der Waals surface area (Å²) in [6.45, 7) is 3.51. The number of methoxy groups -OCH3 is 2. The van der Waals surface area contributed by atoms with Crippen LogP contribution in [-0.4, -0.2) is 72.2 Å². The van der Waals surface area contributed by atoms with E-state index in [2.05, 4.69) is 20.4 Å². The minimum Gasteiger partial charge on any atom is -0.497 e. The molecule has 1 saturated heterocycles. The Balaban J connectivity index is 1.20. The molecule has 2 heterocycles. The zero-order valence-corrected chi connectivity index (χ0v) is 20.7. The summed E-state index contributed by atoms with van der Waals surface area (Å²) in [6, 6.07) is 14.9. The number of anilines is 1. The number of hydrogen-bond donors (Lipinski definition) is 1. The summed E-state index contributed by atoms with van der Waals surface area (Å²) in [4.78, 5) is 29.3. The second kappa shape index (κ2) is 11.8. The van der Waals surface area contributed by atoms with Crippen LogP contribution in [0.5, 0.6) is 11.5 Å². The Kier molecular flexibility index (Phi) is 8.27. The number of carbonyl (C=O) groups excluding carboxylic acids is 2. The van der Waals surface area contributed by atoms with Crippen LogP contribution in [-0.2, 0) is 17.8 Å². The number of aromatic nitrogens is 2. The fourth-order valence-electron chi connectivity index (χ4n) is 3.82. The van der Waals surface area contributed by atoms with Gasteiger partial charge in [-0.1, -0.05) is 23.5 Å².